The van der Waals surface area contributed by atoms with E-state index < -0.39 is 42.8 Å². The number of benzene rings is 8. The van der Waals surface area contributed by atoms with E-state index in [9.17, 15) is 5.48 Å². The molecule has 1 heterocycles. The zero-order valence-electron chi connectivity index (χ0n) is 40.2. The quantitative estimate of drug-likeness (QED) is 0.173. The Bertz CT molecular complexity index is 3410. The summed E-state index contributed by atoms with van der Waals surface area (Å²) in [7, 11) is 0. The Hall–Kier alpha value is -5.99. The Morgan fingerprint density at radius 2 is 1.24 bits per heavy atom. The summed E-state index contributed by atoms with van der Waals surface area (Å²) in [6, 6.07) is 28.1. The molecule has 0 radical (unpaired) electrons. The average Bonchev–Trinajstić information content (AvgIpc) is 3.77. The van der Waals surface area contributed by atoms with Crippen LogP contribution in [-0.2, 0) is 11.8 Å². The van der Waals surface area contributed by atoms with Gasteiger partial charge in [-0.25, -0.2) is 4.98 Å². The van der Waals surface area contributed by atoms with Crippen LogP contribution in [0.15, 0.2) is 151 Å². The number of para-hydroxylation sites is 2. The number of hydrogen-bond acceptors (Lipinski definition) is 1. The van der Waals surface area contributed by atoms with Crippen LogP contribution in [0.4, 0.5) is 0 Å². The molecular weight excluding hydrogens is 605 g/mol. The molecule has 10 rings (SSSR count). The summed E-state index contributed by atoms with van der Waals surface area (Å²) < 4.78 is 116. The largest absolute Gasteiger partial charge is 0.296 e. The van der Waals surface area contributed by atoms with Crippen molar-refractivity contribution in [2.75, 3.05) is 0 Å². The topological polar surface area (TPSA) is 17.8 Å². The van der Waals surface area contributed by atoms with Crippen LogP contribution in [0.2, 0.25) is 0 Å². The molecule has 0 amide bonds. The Labute approximate surface area is 310 Å². The molecule has 0 N–H and O–H groups in total. The summed E-state index contributed by atoms with van der Waals surface area (Å²) in [4.78, 5) is 4.44. The first-order chi connectivity index (χ1) is 29.7. The van der Waals surface area contributed by atoms with Crippen molar-refractivity contribution in [3.63, 3.8) is 0 Å². The molecule has 0 atom stereocenters. The fourth-order valence-corrected chi connectivity index (χ4v) is 7.96. The van der Waals surface area contributed by atoms with Gasteiger partial charge in [-0.3, -0.25) is 4.57 Å². The van der Waals surface area contributed by atoms with Gasteiger partial charge < -0.3 is 0 Å². The summed E-state index contributed by atoms with van der Waals surface area (Å²) in [5.74, 6) is -0.280. The van der Waals surface area contributed by atoms with Gasteiger partial charge in [0.15, 0.2) is 0 Å². The number of imidazole rings is 1. The second-order valence-electron chi connectivity index (χ2n) is 13.3. The molecule has 2 heteroatoms. The van der Waals surface area contributed by atoms with E-state index in [-0.39, 0.29) is 62.7 Å². The van der Waals surface area contributed by atoms with Gasteiger partial charge in [0.25, 0.3) is 0 Å². The average molecular weight is 654 g/mol. The van der Waals surface area contributed by atoms with Gasteiger partial charge in [-0.1, -0.05) is 136 Å². The Balaban J connectivity index is 1.27. The van der Waals surface area contributed by atoms with Gasteiger partial charge in [-0.05, 0) is 113 Å². The van der Waals surface area contributed by atoms with Gasteiger partial charge in [0.05, 0.1) is 22.0 Å². The molecule has 238 valence electrons. The van der Waals surface area contributed by atoms with E-state index in [1.807, 2.05) is 30.3 Å². The van der Waals surface area contributed by atoms with Crippen molar-refractivity contribution in [1.82, 2.24) is 9.55 Å². The first kappa shape index (κ1) is 18.7. The summed E-state index contributed by atoms with van der Waals surface area (Å²) in [5.41, 5.74) is 6.63. The van der Waals surface area contributed by atoms with E-state index in [0.717, 1.165) is 22.3 Å². The van der Waals surface area contributed by atoms with Crippen LogP contribution in [0.3, 0.4) is 0 Å². The highest BCUT2D eigenvalue weighted by Gasteiger charge is 2.35. The number of aryl methyl sites for hydroxylation is 1. The number of fused-ring (bicyclic) bond motifs is 7. The van der Waals surface area contributed by atoms with E-state index >= 15 is 0 Å². The normalized spacial score (nSPS) is 17.6. The lowest BCUT2D eigenvalue weighted by atomic mass is 9.80. The van der Waals surface area contributed by atoms with Crippen LogP contribution < -0.4 is 0 Å². The van der Waals surface area contributed by atoms with Crippen LogP contribution in [-0.4, -0.2) is 9.55 Å². The highest BCUT2D eigenvalue weighted by atomic mass is 15.1. The van der Waals surface area contributed by atoms with Gasteiger partial charge in [-0.2, -0.15) is 0 Å². The maximum absolute atomic E-state index is 9.44. The Morgan fingerprint density at radius 3 is 1.98 bits per heavy atom. The van der Waals surface area contributed by atoms with E-state index in [1.165, 1.54) is 4.57 Å². The van der Waals surface area contributed by atoms with Crippen LogP contribution in [0, 0.1) is 0 Å². The van der Waals surface area contributed by atoms with E-state index in [4.69, 9.17) is 12.3 Å². The van der Waals surface area contributed by atoms with Crippen molar-refractivity contribution >= 4 is 43.4 Å². The SMILES string of the molecule is [2H]c1c([2H])c([2H])c2c(-c3ccc4cc(-n5c(C([2H])([2H])C([2H])([2H])[2H])nc6ccccc65)ccc4c3)c3c([2H])c([2H])c([2H])c([2H])c3c(-c3ccc4c(c3)C(C)(C)c3ccccc3-4)c2c1[2H]. The molecule has 0 saturated heterocycles. The minimum absolute atomic E-state index is 0.106. The van der Waals surface area contributed by atoms with Gasteiger partial charge in [0.2, 0.25) is 0 Å². The maximum Gasteiger partial charge on any atom is 0.114 e. The molecule has 1 aliphatic carbocycles. The first-order valence-corrected chi connectivity index (χ1v) is 16.5. The highest BCUT2D eigenvalue weighted by molar-refractivity contribution is 6.21. The first-order valence-electron chi connectivity index (χ1n) is 23.0. The van der Waals surface area contributed by atoms with Crippen molar-refractivity contribution in [3.8, 4) is 39.1 Å². The summed E-state index contributed by atoms with van der Waals surface area (Å²) >= 11 is 0. The molecule has 0 unspecified atom stereocenters. The predicted molar refractivity (Wildman–Crippen MR) is 211 cm³/mol. The molecular formula is C48H36N2. The molecule has 0 saturated carbocycles. The molecule has 50 heavy (non-hydrogen) atoms. The third-order valence-corrected chi connectivity index (χ3v) is 10.3. The summed E-state index contributed by atoms with van der Waals surface area (Å²) in [6.45, 7) is 1.22. The zero-order valence-corrected chi connectivity index (χ0v) is 27.2. The molecule has 1 aliphatic rings. The zero-order chi connectivity index (χ0) is 44.8. The predicted octanol–water partition coefficient (Wildman–Crippen LogP) is 12.7. The van der Waals surface area contributed by atoms with Crippen LogP contribution in [0.25, 0.3) is 82.4 Å². The molecule has 0 aliphatic heterocycles. The molecule has 9 aromatic rings. The molecule has 0 spiro atoms. The monoisotopic (exact) mass is 653 g/mol. The second-order valence-corrected chi connectivity index (χ2v) is 13.3. The molecule has 0 bridgehead atoms. The lowest BCUT2D eigenvalue weighted by Gasteiger charge is -2.23. The summed E-state index contributed by atoms with van der Waals surface area (Å²) in [6.07, 6.45) is -2.80. The molecule has 8 aromatic carbocycles. The molecule has 2 nitrogen and oxygen atoms in total. The maximum atomic E-state index is 9.44. The fourth-order valence-electron chi connectivity index (χ4n) is 7.96. The van der Waals surface area contributed by atoms with Crippen LogP contribution in [0.5, 0.6) is 0 Å². The van der Waals surface area contributed by atoms with Crippen molar-refractivity contribution in [3.05, 3.63) is 168 Å². The van der Waals surface area contributed by atoms with Crippen molar-refractivity contribution < 1.29 is 17.8 Å². The van der Waals surface area contributed by atoms with Crippen molar-refractivity contribution in [2.24, 2.45) is 0 Å². The van der Waals surface area contributed by atoms with Crippen LogP contribution in [0.1, 0.15) is 55.5 Å². The molecule has 0 fully saturated rings. The minimum atomic E-state index is -3.02. The van der Waals surface area contributed by atoms with Crippen molar-refractivity contribution in [2.45, 2.75) is 32.5 Å². The van der Waals surface area contributed by atoms with Gasteiger partial charge >= 0.3 is 0 Å². The number of aromatic nitrogens is 2. The van der Waals surface area contributed by atoms with Crippen molar-refractivity contribution in [1.29, 1.82) is 0 Å². The van der Waals surface area contributed by atoms with E-state index in [1.54, 1.807) is 60.7 Å². The second kappa shape index (κ2) is 10.8. The standard InChI is InChI=1S/C48H36N2/c1-4-45-49-43-19-11-12-20-44(43)50(45)34-25-23-30-27-32(22-21-31(30)28-34)46-37-14-5-7-16-39(37)47(40-17-8-6-15-38(40)46)33-24-26-36-35-13-9-10-18-41(35)48(2,3)42(36)29-33/h5-29H,4H2,1-3H3/i1D3,4D2,5D,6D,7D,8D,14D,15D,16D,17D. The van der Waals surface area contributed by atoms with E-state index in [2.05, 4.69) is 31.0 Å². The van der Waals surface area contributed by atoms with E-state index in [0.29, 0.717) is 38.6 Å². The lowest BCUT2D eigenvalue weighted by molar-refractivity contribution is 0.660. The van der Waals surface area contributed by atoms with Crippen LogP contribution >= 0.6 is 0 Å². The smallest absolute Gasteiger partial charge is 0.114 e. The highest BCUT2D eigenvalue weighted by Crippen LogP contribution is 2.51. The Kier molecular flexibility index (Phi) is 4.02. The third-order valence-electron chi connectivity index (χ3n) is 10.3. The molecule has 1 aromatic heterocycles. The number of hydrogen-bond donors (Lipinski definition) is 0. The minimum Gasteiger partial charge on any atom is -0.296 e. The lowest BCUT2D eigenvalue weighted by Crippen LogP contribution is -2.14. The Morgan fingerprint density at radius 1 is 0.640 bits per heavy atom. The third kappa shape index (κ3) is 4.12. The fraction of sp³-hybridized carbons (Fsp3) is 0.104. The van der Waals surface area contributed by atoms with Gasteiger partial charge in [0, 0.05) is 24.3 Å². The van der Waals surface area contributed by atoms with Gasteiger partial charge in [0.1, 0.15) is 5.82 Å². The number of rotatable bonds is 4. The number of nitrogens with zero attached hydrogens (tertiary/aromatic N) is 2. The van der Waals surface area contributed by atoms with Gasteiger partial charge in [-0.15, -0.1) is 0 Å². The summed E-state index contributed by atoms with van der Waals surface area (Å²) in [5, 5.41) is 1.77.